The molecule has 1 aromatic carbocycles. The summed E-state index contributed by atoms with van der Waals surface area (Å²) < 4.78 is 6.17. The highest BCUT2D eigenvalue weighted by Crippen LogP contribution is 2.28. The molecule has 0 atom stereocenters. The molecule has 0 saturated carbocycles. The van der Waals surface area contributed by atoms with Crippen molar-refractivity contribution in [1.82, 2.24) is 9.80 Å². The third kappa shape index (κ3) is 3.72. The van der Waals surface area contributed by atoms with Crippen LogP contribution in [-0.4, -0.2) is 49.1 Å². The van der Waals surface area contributed by atoms with Crippen LogP contribution in [0.15, 0.2) is 35.7 Å². The predicted octanol–water partition coefficient (Wildman–Crippen LogP) is 3.42. The van der Waals surface area contributed by atoms with Crippen molar-refractivity contribution in [3.8, 4) is 5.75 Å². The fourth-order valence-electron chi connectivity index (χ4n) is 4.92. The van der Waals surface area contributed by atoms with Crippen LogP contribution in [0.1, 0.15) is 43.4 Å². The summed E-state index contributed by atoms with van der Waals surface area (Å²) in [4.78, 5) is 6.58. The monoisotopic (exact) mass is 394 g/mol. The highest BCUT2D eigenvalue weighted by Gasteiger charge is 2.24. The van der Waals surface area contributed by atoms with Crippen molar-refractivity contribution in [3.05, 3.63) is 51.0 Å². The Bertz CT molecular complexity index is 928. The Morgan fingerprint density at radius 1 is 0.964 bits per heavy atom. The summed E-state index contributed by atoms with van der Waals surface area (Å²) in [7, 11) is 0. The van der Waals surface area contributed by atoms with Crippen LogP contribution in [0.25, 0.3) is 11.3 Å². The average molecular weight is 395 g/mol. The minimum absolute atomic E-state index is 0.815. The lowest BCUT2D eigenvalue weighted by molar-refractivity contribution is 0.205. The summed E-state index contributed by atoms with van der Waals surface area (Å²) in [6.45, 7) is 6.77. The summed E-state index contributed by atoms with van der Waals surface area (Å²) in [5.41, 5.74) is 3.00. The van der Waals surface area contributed by atoms with Crippen molar-refractivity contribution < 1.29 is 4.74 Å². The number of hydrogen-bond acceptors (Lipinski definition) is 4. The minimum atomic E-state index is 0.815. The summed E-state index contributed by atoms with van der Waals surface area (Å²) in [5.74, 6) is 1.03. The molecule has 4 heteroatoms. The van der Waals surface area contributed by atoms with E-state index >= 15 is 0 Å². The topological polar surface area (TPSA) is 15.7 Å². The van der Waals surface area contributed by atoms with E-state index in [1.54, 1.807) is 0 Å². The van der Waals surface area contributed by atoms with Crippen molar-refractivity contribution in [1.29, 1.82) is 0 Å². The fourth-order valence-corrected chi connectivity index (χ4v) is 5.70. The zero-order valence-electron chi connectivity index (χ0n) is 16.7. The molecule has 3 nitrogen and oxygen atoms in total. The maximum Gasteiger partial charge on any atom is 0.119 e. The van der Waals surface area contributed by atoms with Gasteiger partial charge >= 0.3 is 0 Å². The number of nitrogens with zero attached hydrogens (tertiary/aromatic N) is 2. The molecule has 3 aliphatic rings. The highest BCUT2D eigenvalue weighted by atomic mass is 32.1. The van der Waals surface area contributed by atoms with Crippen LogP contribution in [0.3, 0.4) is 0 Å². The second-order valence-corrected chi connectivity index (χ2v) is 9.19. The predicted molar refractivity (Wildman–Crippen MR) is 117 cm³/mol. The average Bonchev–Trinajstić information content (AvgIpc) is 3.43. The lowest BCUT2D eigenvalue weighted by Gasteiger charge is -2.26. The van der Waals surface area contributed by atoms with E-state index in [0.29, 0.717) is 0 Å². The van der Waals surface area contributed by atoms with Gasteiger partial charge in [0.15, 0.2) is 0 Å². The quantitative estimate of drug-likeness (QED) is 0.698. The molecule has 0 aliphatic carbocycles. The summed E-state index contributed by atoms with van der Waals surface area (Å²) in [5, 5.41) is 5.00. The first-order valence-electron chi connectivity index (χ1n) is 10.9. The number of fused-ring (bicyclic) bond motifs is 2. The van der Waals surface area contributed by atoms with E-state index in [9.17, 15) is 0 Å². The zero-order valence-corrected chi connectivity index (χ0v) is 17.5. The number of benzene rings is 1. The molecule has 0 bridgehead atoms. The first kappa shape index (κ1) is 18.3. The van der Waals surface area contributed by atoms with Gasteiger partial charge in [-0.3, -0.25) is 0 Å². The van der Waals surface area contributed by atoms with Crippen LogP contribution in [0.5, 0.6) is 5.75 Å². The molecule has 2 saturated heterocycles. The van der Waals surface area contributed by atoms with Crippen molar-refractivity contribution in [2.24, 2.45) is 0 Å². The van der Waals surface area contributed by atoms with E-state index in [0.717, 1.165) is 25.3 Å². The lowest BCUT2D eigenvalue weighted by Crippen LogP contribution is -2.40. The molecule has 2 fully saturated rings. The van der Waals surface area contributed by atoms with Gasteiger partial charge in [-0.1, -0.05) is 18.6 Å². The molecule has 4 heterocycles. The molecular formula is C24H30N2OS. The number of ether oxygens (including phenoxy) is 1. The van der Waals surface area contributed by atoms with Crippen LogP contribution < -0.4 is 15.2 Å². The Labute approximate surface area is 171 Å². The third-order valence-corrected chi connectivity index (χ3v) is 7.28. The van der Waals surface area contributed by atoms with Gasteiger partial charge in [-0.25, -0.2) is 0 Å². The van der Waals surface area contributed by atoms with Crippen LogP contribution >= 0.6 is 11.3 Å². The zero-order chi connectivity index (χ0) is 18.8. The van der Waals surface area contributed by atoms with Gasteiger partial charge in [-0.05, 0) is 79.6 Å². The normalized spacial score (nSPS) is 19.6. The molecule has 5 rings (SSSR count). The van der Waals surface area contributed by atoms with E-state index in [1.165, 1.54) is 84.9 Å². The molecule has 28 heavy (non-hydrogen) atoms. The van der Waals surface area contributed by atoms with Gasteiger partial charge in [-0.2, -0.15) is 0 Å². The highest BCUT2D eigenvalue weighted by molar-refractivity contribution is 7.11. The molecular weight excluding hydrogens is 364 g/mol. The van der Waals surface area contributed by atoms with Gasteiger partial charge in [0.25, 0.3) is 0 Å². The summed E-state index contributed by atoms with van der Waals surface area (Å²) >= 11 is 1.85. The number of rotatable bonds is 6. The molecule has 0 N–H and O–H groups in total. The maximum absolute atomic E-state index is 6.17. The van der Waals surface area contributed by atoms with E-state index < -0.39 is 0 Å². The van der Waals surface area contributed by atoms with Crippen molar-refractivity contribution in [2.75, 3.05) is 39.3 Å². The molecule has 1 aromatic heterocycles. The molecule has 0 radical (unpaired) electrons. The van der Waals surface area contributed by atoms with Crippen molar-refractivity contribution >= 4 is 22.6 Å². The number of hydrogen-bond donors (Lipinski definition) is 0. The first-order chi connectivity index (χ1) is 13.9. The summed E-state index contributed by atoms with van der Waals surface area (Å²) in [6, 6.07) is 11.2. The van der Waals surface area contributed by atoms with Crippen LogP contribution in [-0.2, 0) is 0 Å². The Balaban J connectivity index is 1.35. The van der Waals surface area contributed by atoms with Crippen LogP contribution in [0, 0.1) is 0 Å². The second kappa shape index (κ2) is 8.30. The molecule has 0 spiro atoms. The molecule has 148 valence electrons. The Morgan fingerprint density at radius 2 is 1.89 bits per heavy atom. The van der Waals surface area contributed by atoms with Gasteiger partial charge in [0, 0.05) is 35.4 Å². The van der Waals surface area contributed by atoms with E-state index in [2.05, 4.69) is 45.5 Å². The Morgan fingerprint density at radius 3 is 2.75 bits per heavy atom. The number of thiophene rings is 1. The smallest absolute Gasteiger partial charge is 0.119 e. The number of piperidine rings is 1. The molecule has 3 aliphatic heterocycles. The van der Waals surface area contributed by atoms with Gasteiger partial charge in [0.2, 0.25) is 0 Å². The molecule has 0 amide bonds. The standard InChI is InChI=1S/C24H30N2OS/c1-2-11-25(12-3-1)13-6-15-27-19-9-10-20-21(17-19)23-7-4-14-26(23)18-22(20)24-8-5-16-28-24/h5,8-10,16-17H,1-4,6-7,11-15,18H2. The Kier molecular flexibility index (Phi) is 5.41. The van der Waals surface area contributed by atoms with Crippen LogP contribution in [0.2, 0.25) is 0 Å². The largest absolute Gasteiger partial charge is 0.494 e. The fraction of sp³-hybridized carbons (Fsp3) is 0.500. The second-order valence-electron chi connectivity index (χ2n) is 8.24. The Hall–Kier alpha value is -1.78. The van der Waals surface area contributed by atoms with Gasteiger partial charge in [-0.15, -0.1) is 11.3 Å². The lowest BCUT2D eigenvalue weighted by atomic mass is 10.0. The molecule has 0 unspecified atom stereocenters. The SMILES string of the molecule is c1csc(C2=c3ccc(OCCCN4CCCCC4)cc3=C3CCCN3C2)c1. The third-order valence-electron chi connectivity index (χ3n) is 6.35. The van der Waals surface area contributed by atoms with E-state index in [-0.39, 0.29) is 0 Å². The van der Waals surface area contributed by atoms with E-state index in [4.69, 9.17) is 4.74 Å². The van der Waals surface area contributed by atoms with E-state index in [1.807, 2.05) is 11.3 Å². The van der Waals surface area contributed by atoms with Gasteiger partial charge < -0.3 is 14.5 Å². The van der Waals surface area contributed by atoms with Crippen molar-refractivity contribution in [3.63, 3.8) is 0 Å². The van der Waals surface area contributed by atoms with Crippen LogP contribution in [0.4, 0.5) is 0 Å². The number of likely N-dealkylation sites (tertiary alicyclic amines) is 1. The van der Waals surface area contributed by atoms with Gasteiger partial charge in [0.1, 0.15) is 5.75 Å². The van der Waals surface area contributed by atoms with Crippen molar-refractivity contribution in [2.45, 2.75) is 38.5 Å². The minimum Gasteiger partial charge on any atom is -0.494 e. The summed E-state index contributed by atoms with van der Waals surface area (Å²) in [6.07, 6.45) is 7.72. The van der Waals surface area contributed by atoms with Gasteiger partial charge in [0.05, 0.1) is 6.61 Å². The molecule has 2 aromatic rings. The first-order valence-corrected chi connectivity index (χ1v) is 11.8. The maximum atomic E-state index is 6.17.